The minimum Gasteiger partial charge on any atom is -0.423 e. The van der Waals surface area contributed by atoms with Crippen LogP contribution in [0.15, 0.2) is 40.9 Å². The summed E-state index contributed by atoms with van der Waals surface area (Å²) in [5.74, 6) is 1.21. The van der Waals surface area contributed by atoms with Gasteiger partial charge in [-0.25, -0.2) is 9.78 Å². The zero-order valence-corrected chi connectivity index (χ0v) is 17.3. The van der Waals surface area contributed by atoms with Crippen LogP contribution in [-0.2, 0) is 0 Å². The summed E-state index contributed by atoms with van der Waals surface area (Å²) in [4.78, 5) is 25.2. The highest BCUT2D eigenvalue weighted by Crippen LogP contribution is 2.26. The molecule has 1 unspecified atom stereocenters. The summed E-state index contributed by atoms with van der Waals surface area (Å²) < 4.78 is 5.70. The average Bonchev–Trinajstić information content (AvgIpc) is 3.15. The Balaban J connectivity index is 1.39. The van der Waals surface area contributed by atoms with Crippen LogP contribution in [0, 0.1) is 0 Å². The molecule has 1 fully saturated rings. The molecule has 1 saturated heterocycles. The fourth-order valence-corrected chi connectivity index (χ4v) is 3.68. The highest BCUT2D eigenvalue weighted by atomic mass is 35.5. The average molecular weight is 414 g/mol. The number of hydrogen-bond donors (Lipinski definition) is 1. The van der Waals surface area contributed by atoms with Crippen molar-refractivity contribution in [3.63, 3.8) is 0 Å². The smallest absolute Gasteiger partial charge is 0.325 e. The molecule has 3 heterocycles. The maximum absolute atomic E-state index is 12.6. The van der Waals surface area contributed by atoms with Crippen LogP contribution in [0.5, 0.6) is 0 Å². The second-order valence-electron chi connectivity index (χ2n) is 7.27. The van der Waals surface area contributed by atoms with Gasteiger partial charge in [0.1, 0.15) is 11.3 Å². The molecule has 29 heavy (non-hydrogen) atoms. The lowest BCUT2D eigenvalue weighted by Gasteiger charge is -2.35. The number of nitrogens with zero attached hydrogens (tertiary/aromatic N) is 4. The molecule has 1 aromatic carbocycles. The molecule has 4 rings (SSSR count). The van der Waals surface area contributed by atoms with Crippen molar-refractivity contribution < 1.29 is 9.21 Å². The lowest BCUT2D eigenvalue weighted by molar-refractivity contribution is 0.207. The molecule has 0 bridgehead atoms. The Morgan fingerprint density at radius 2 is 2.07 bits per heavy atom. The number of aromatic nitrogens is 2. The first kappa shape index (κ1) is 19.5. The zero-order chi connectivity index (χ0) is 20.4. The van der Waals surface area contributed by atoms with Crippen LogP contribution in [0.4, 0.5) is 16.6 Å². The second kappa shape index (κ2) is 8.29. The van der Waals surface area contributed by atoms with Gasteiger partial charge in [0.25, 0.3) is 0 Å². The molecule has 7 nitrogen and oxygen atoms in total. The van der Waals surface area contributed by atoms with Gasteiger partial charge < -0.3 is 14.2 Å². The SMILES string of the molecule is CCC(C)c1ccc2oc(NC(=O)N3CCN(c4ncccc4Cl)CC3)nc2c1. The van der Waals surface area contributed by atoms with E-state index in [1.54, 1.807) is 11.1 Å². The summed E-state index contributed by atoms with van der Waals surface area (Å²) in [5, 5.41) is 3.40. The van der Waals surface area contributed by atoms with Gasteiger partial charge in [-0.2, -0.15) is 4.98 Å². The van der Waals surface area contributed by atoms with E-state index in [0.29, 0.717) is 42.7 Å². The van der Waals surface area contributed by atoms with Gasteiger partial charge in [0.2, 0.25) is 0 Å². The molecule has 2 amide bonds. The first-order valence-electron chi connectivity index (χ1n) is 9.87. The number of carbonyl (C=O) groups excluding carboxylic acids is 1. The molecule has 0 saturated carbocycles. The number of hydrogen-bond acceptors (Lipinski definition) is 5. The van der Waals surface area contributed by atoms with Crippen molar-refractivity contribution in [3.8, 4) is 0 Å². The monoisotopic (exact) mass is 413 g/mol. The third-order valence-electron chi connectivity index (χ3n) is 5.41. The molecule has 1 aliphatic rings. The van der Waals surface area contributed by atoms with E-state index in [4.69, 9.17) is 16.0 Å². The molecule has 1 aliphatic heterocycles. The number of rotatable bonds is 4. The molecular weight excluding hydrogens is 390 g/mol. The number of amides is 2. The fraction of sp³-hybridized carbons (Fsp3) is 0.381. The zero-order valence-electron chi connectivity index (χ0n) is 16.6. The van der Waals surface area contributed by atoms with Crippen molar-refractivity contribution >= 4 is 40.6 Å². The van der Waals surface area contributed by atoms with Crippen LogP contribution in [-0.4, -0.2) is 47.1 Å². The largest absolute Gasteiger partial charge is 0.423 e. The van der Waals surface area contributed by atoms with E-state index >= 15 is 0 Å². The molecule has 0 radical (unpaired) electrons. The Morgan fingerprint density at radius 1 is 1.28 bits per heavy atom. The molecule has 1 atom stereocenters. The summed E-state index contributed by atoms with van der Waals surface area (Å²) >= 11 is 6.22. The number of pyridine rings is 1. The summed E-state index contributed by atoms with van der Waals surface area (Å²) in [6.45, 7) is 6.80. The van der Waals surface area contributed by atoms with Crippen LogP contribution < -0.4 is 10.2 Å². The van der Waals surface area contributed by atoms with Gasteiger partial charge in [0.05, 0.1) is 5.02 Å². The number of halogens is 1. The van der Waals surface area contributed by atoms with Crippen LogP contribution in [0.2, 0.25) is 5.02 Å². The highest BCUT2D eigenvalue weighted by molar-refractivity contribution is 6.32. The number of urea groups is 1. The van der Waals surface area contributed by atoms with Crippen LogP contribution in [0.25, 0.3) is 11.1 Å². The predicted molar refractivity (Wildman–Crippen MR) is 115 cm³/mol. The van der Waals surface area contributed by atoms with Gasteiger partial charge in [-0.05, 0) is 42.2 Å². The minimum atomic E-state index is -0.217. The third-order valence-corrected chi connectivity index (χ3v) is 5.71. The van der Waals surface area contributed by atoms with Gasteiger partial charge in [0, 0.05) is 32.4 Å². The maximum atomic E-state index is 12.6. The Morgan fingerprint density at radius 3 is 2.79 bits per heavy atom. The number of nitrogens with one attached hydrogen (secondary N) is 1. The van der Waals surface area contributed by atoms with Crippen molar-refractivity contribution in [1.29, 1.82) is 0 Å². The van der Waals surface area contributed by atoms with Crippen LogP contribution >= 0.6 is 11.6 Å². The van der Waals surface area contributed by atoms with E-state index in [2.05, 4.69) is 40.1 Å². The first-order chi connectivity index (χ1) is 14.0. The molecule has 152 valence electrons. The van der Waals surface area contributed by atoms with Gasteiger partial charge in [0.15, 0.2) is 5.58 Å². The normalized spacial score (nSPS) is 15.6. The Labute approximate surface area is 174 Å². The molecule has 0 aliphatic carbocycles. The van der Waals surface area contributed by atoms with Crippen molar-refractivity contribution in [2.75, 3.05) is 36.4 Å². The van der Waals surface area contributed by atoms with Crippen molar-refractivity contribution in [2.45, 2.75) is 26.2 Å². The standard InChI is InChI=1S/C21H24ClN5O2/c1-3-14(2)15-6-7-18-17(13-15)24-20(29-18)25-21(28)27-11-9-26(10-12-27)19-16(22)5-4-8-23-19/h4-8,13-14H,3,9-12H2,1-2H3,(H,24,25,28). The Hall–Kier alpha value is -2.80. The van der Waals surface area contributed by atoms with E-state index in [9.17, 15) is 4.79 Å². The molecule has 2 aromatic heterocycles. The lowest BCUT2D eigenvalue weighted by atomic mass is 9.98. The lowest BCUT2D eigenvalue weighted by Crippen LogP contribution is -2.50. The van der Waals surface area contributed by atoms with E-state index in [0.717, 1.165) is 17.8 Å². The fourth-order valence-electron chi connectivity index (χ4n) is 3.44. The predicted octanol–water partition coefficient (Wildman–Crippen LogP) is 4.74. The summed E-state index contributed by atoms with van der Waals surface area (Å²) in [7, 11) is 0. The number of oxazole rings is 1. The topological polar surface area (TPSA) is 74.5 Å². The van der Waals surface area contributed by atoms with Crippen LogP contribution in [0.3, 0.4) is 0 Å². The molecule has 1 N–H and O–H groups in total. The number of fused-ring (bicyclic) bond motifs is 1. The molecule has 0 spiro atoms. The third kappa shape index (κ3) is 4.15. The Bertz CT molecular complexity index is 1010. The highest BCUT2D eigenvalue weighted by Gasteiger charge is 2.24. The number of anilines is 2. The molecule has 8 heteroatoms. The van der Waals surface area contributed by atoms with Crippen molar-refractivity contribution in [2.24, 2.45) is 0 Å². The van der Waals surface area contributed by atoms with Gasteiger partial charge >= 0.3 is 12.0 Å². The summed E-state index contributed by atoms with van der Waals surface area (Å²) in [5.41, 5.74) is 2.64. The van der Waals surface area contributed by atoms with Crippen LogP contribution in [0.1, 0.15) is 31.7 Å². The quantitative estimate of drug-likeness (QED) is 0.668. The first-order valence-corrected chi connectivity index (χ1v) is 10.2. The maximum Gasteiger partial charge on any atom is 0.325 e. The molecular formula is C21H24ClN5O2. The Kier molecular flexibility index (Phi) is 5.58. The van der Waals surface area contributed by atoms with Gasteiger partial charge in [-0.1, -0.05) is 31.5 Å². The van der Waals surface area contributed by atoms with E-state index in [1.807, 2.05) is 24.3 Å². The number of piperazine rings is 1. The number of carbonyl (C=O) groups is 1. The van der Waals surface area contributed by atoms with Crippen molar-refractivity contribution in [1.82, 2.24) is 14.9 Å². The summed E-state index contributed by atoms with van der Waals surface area (Å²) in [6.07, 6.45) is 2.78. The summed E-state index contributed by atoms with van der Waals surface area (Å²) in [6, 6.07) is 9.62. The minimum absolute atomic E-state index is 0.217. The second-order valence-corrected chi connectivity index (χ2v) is 7.68. The van der Waals surface area contributed by atoms with E-state index in [-0.39, 0.29) is 12.0 Å². The van der Waals surface area contributed by atoms with Crippen molar-refractivity contribution in [3.05, 3.63) is 47.1 Å². The van der Waals surface area contributed by atoms with Gasteiger partial charge in [-0.3, -0.25) is 5.32 Å². The van der Waals surface area contributed by atoms with E-state index < -0.39 is 0 Å². The molecule has 3 aromatic rings. The van der Waals surface area contributed by atoms with E-state index in [1.165, 1.54) is 5.56 Å². The number of benzene rings is 1. The van der Waals surface area contributed by atoms with Gasteiger partial charge in [-0.15, -0.1) is 0 Å².